The predicted octanol–water partition coefficient (Wildman–Crippen LogP) is 4.08. The maximum Gasteiger partial charge on any atom is 0.0410 e. The highest BCUT2D eigenvalue weighted by molar-refractivity contribution is 9.10. The van der Waals surface area contributed by atoms with Gasteiger partial charge in [-0.05, 0) is 70.6 Å². The molecule has 0 aromatic carbocycles. The maximum absolute atomic E-state index is 4.27. The number of halogens is 1. The molecule has 0 radical (unpaired) electrons. The number of nitrogens with one attached hydrogen (secondary N) is 1. The van der Waals surface area contributed by atoms with Gasteiger partial charge in [-0.3, -0.25) is 9.97 Å². The normalized spacial score (nSPS) is 12.3. The van der Waals surface area contributed by atoms with Crippen molar-refractivity contribution in [3.05, 3.63) is 58.1 Å². The summed E-state index contributed by atoms with van der Waals surface area (Å²) in [6.45, 7) is 5.38. The standard InChI is InChI=1S/C17H22BrN3/c1-3-6-21-17(9-13-8-15(18)12-20-10-13)16-5-7-19-11-14(16)4-2/h5,7-8,10-12,17,21H,3-4,6,9H2,1-2H3. The van der Waals surface area contributed by atoms with Crippen LogP contribution in [0.3, 0.4) is 0 Å². The smallest absolute Gasteiger partial charge is 0.0410 e. The number of aromatic nitrogens is 2. The second-order valence-corrected chi connectivity index (χ2v) is 6.07. The van der Waals surface area contributed by atoms with Crippen LogP contribution in [0.2, 0.25) is 0 Å². The number of pyridine rings is 2. The van der Waals surface area contributed by atoms with Crippen LogP contribution in [0.1, 0.15) is 43.0 Å². The van der Waals surface area contributed by atoms with E-state index in [2.05, 4.69) is 57.2 Å². The third-order valence-electron chi connectivity index (χ3n) is 3.54. The maximum atomic E-state index is 4.27. The van der Waals surface area contributed by atoms with Crippen LogP contribution in [-0.2, 0) is 12.8 Å². The lowest BCUT2D eigenvalue weighted by Gasteiger charge is -2.21. The van der Waals surface area contributed by atoms with E-state index < -0.39 is 0 Å². The van der Waals surface area contributed by atoms with Gasteiger partial charge < -0.3 is 5.32 Å². The van der Waals surface area contributed by atoms with E-state index in [9.17, 15) is 0 Å². The topological polar surface area (TPSA) is 37.8 Å². The van der Waals surface area contributed by atoms with Gasteiger partial charge >= 0.3 is 0 Å². The Labute approximate surface area is 135 Å². The van der Waals surface area contributed by atoms with E-state index in [1.54, 1.807) is 0 Å². The zero-order chi connectivity index (χ0) is 15.1. The Morgan fingerprint density at radius 3 is 2.76 bits per heavy atom. The van der Waals surface area contributed by atoms with Crippen molar-refractivity contribution >= 4 is 15.9 Å². The molecule has 0 saturated heterocycles. The van der Waals surface area contributed by atoms with Gasteiger partial charge in [0.05, 0.1) is 0 Å². The first-order valence-electron chi connectivity index (χ1n) is 7.50. The van der Waals surface area contributed by atoms with Crippen LogP contribution in [0.15, 0.2) is 41.4 Å². The number of hydrogen-bond donors (Lipinski definition) is 1. The Hall–Kier alpha value is -1.26. The summed E-state index contributed by atoms with van der Waals surface area (Å²) in [6, 6.07) is 4.58. The van der Waals surface area contributed by atoms with Crippen LogP contribution in [0.5, 0.6) is 0 Å². The summed E-state index contributed by atoms with van der Waals surface area (Å²) in [5.41, 5.74) is 3.90. The Balaban J connectivity index is 2.25. The molecular weight excluding hydrogens is 326 g/mol. The van der Waals surface area contributed by atoms with E-state index in [1.807, 2.05) is 24.8 Å². The highest BCUT2D eigenvalue weighted by Gasteiger charge is 2.15. The number of aryl methyl sites for hydroxylation is 1. The molecule has 0 aliphatic heterocycles. The number of rotatable bonds is 7. The van der Waals surface area contributed by atoms with Crippen molar-refractivity contribution < 1.29 is 0 Å². The van der Waals surface area contributed by atoms with Crippen molar-refractivity contribution in [3.8, 4) is 0 Å². The van der Waals surface area contributed by atoms with E-state index >= 15 is 0 Å². The largest absolute Gasteiger partial charge is 0.310 e. The van der Waals surface area contributed by atoms with Gasteiger partial charge in [0.2, 0.25) is 0 Å². The van der Waals surface area contributed by atoms with E-state index in [0.29, 0.717) is 6.04 Å². The molecule has 2 aromatic heterocycles. The zero-order valence-electron chi connectivity index (χ0n) is 12.6. The average molecular weight is 348 g/mol. The van der Waals surface area contributed by atoms with Gasteiger partial charge in [-0.25, -0.2) is 0 Å². The van der Waals surface area contributed by atoms with Crippen LogP contribution < -0.4 is 5.32 Å². The van der Waals surface area contributed by atoms with E-state index in [-0.39, 0.29) is 0 Å². The molecule has 2 heterocycles. The van der Waals surface area contributed by atoms with Gasteiger partial charge in [-0.15, -0.1) is 0 Å². The third-order valence-corrected chi connectivity index (χ3v) is 3.97. The van der Waals surface area contributed by atoms with Gasteiger partial charge in [-0.2, -0.15) is 0 Å². The lowest BCUT2D eigenvalue weighted by Crippen LogP contribution is -2.25. The van der Waals surface area contributed by atoms with Crippen LogP contribution >= 0.6 is 15.9 Å². The summed E-state index contributed by atoms with van der Waals surface area (Å²) in [4.78, 5) is 8.52. The molecule has 0 fully saturated rings. The fourth-order valence-corrected chi connectivity index (χ4v) is 2.90. The van der Waals surface area contributed by atoms with E-state index in [4.69, 9.17) is 0 Å². The van der Waals surface area contributed by atoms with Gasteiger partial charge in [0.25, 0.3) is 0 Å². The van der Waals surface area contributed by atoms with Gasteiger partial charge in [0.15, 0.2) is 0 Å². The lowest BCUT2D eigenvalue weighted by molar-refractivity contribution is 0.524. The van der Waals surface area contributed by atoms with Crippen molar-refractivity contribution in [2.45, 2.75) is 39.2 Å². The van der Waals surface area contributed by atoms with Crippen LogP contribution in [0, 0.1) is 0 Å². The molecule has 2 aromatic rings. The summed E-state index contributed by atoms with van der Waals surface area (Å²) in [7, 11) is 0. The minimum absolute atomic E-state index is 0.305. The molecule has 0 saturated carbocycles. The predicted molar refractivity (Wildman–Crippen MR) is 90.3 cm³/mol. The molecule has 4 heteroatoms. The van der Waals surface area contributed by atoms with Gasteiger partial charge in [0, 0.05) is 35.3 Å². The quantitative estimate of drug-likeness (QED) is 0.819. The molecule has 21 heavy (non-hydrogen) atoms. The number of hydrogen-bond acceptors (Lipinski definition) is 3. The lowest BCUT2D eigenvalue weighted by atomic mass is 9.95. The highest BCUT2D eigenvalue weighted by atomic mass is 79.9. The first-order chi connectivity index (χ1) is 10.2. The summed E-state index contributed by atoms with van der Waals surface area (Å²) in [5, 5.41) is 3.66. The van der Waals surface area contributed by atoms with Crippen LogP contribution in [0.25, 0.3) is 0 Å². The molecule has 112 valence electrons. The molecular formula is C17H22BrN3. The number of nitrogens with zero attached hydrogens (tertiary/aromatic N) is 2. The Morgan fingerprint density at radius 2 is 2.05 bits per heavy atom. The Bertz CT molecular complexity index is 571. The van der Waals surface area contributed by atoms with E-state index in [1.165, 1.54) is 16.7 Å². The second-order valence-electron chi connectivity index (χ2n) is 5.15. The van der Waals surface area contributed by atoms with Crippen molar-refractivity contribution in [2.75, 3.05) is 6.54 Å². The minimum atomic E-state index is 0.305. The fourth-order valence-electron chi connectivity index (χ4n) is 2.49. The fraction of sp³-hybridized carbons (Fsp3) is 0.412. The molecule has 1 unspecified atom stereocenters. The molecule has 1 N–H and O–H groups in total. The van der Waals surface area contributed by atoms with E-state index in [0.717, 1.165) is 30.3 Å². The third kappa shape index (κ3) is 4.61. The molecule has 0 aliphatic carbocycles. The summed E-state index contributed by atoms with van der Waals surface area (Å²) >= 11 is 3.50. The molecule has 0 spiro atoms. The molecule has 0 amide bonds. The van der Waals surface area contributed by atoms with Gasteiger partial charge in [-0.1, -0.05) is 13.8 Å². The van der Waals surface area contributed by atoms with Crippen molar-refractivity contribution in [1.29, 1.82) is 0 Å². The summed E-state index contributed by atoms with van der Waals surface area (Å²) in [6.07, 6.45) is 10.7. The Morgan fingerprint density at radius 1 is 1.19 bits per heavy atom. The Kier molecular flexibility index (Phi) is 6.33. The highest BCUT2D eigenvalue weighted by Crippen LogP contribution is 2.23. The molecule has 3 nitrogen and oxygen atoms in total. The first kappa shape index (κ1) is 16.1. The minimum Gasteiger partial charge on any atom is -0.310 e. The monoisotopic (exact) mass is 347 g/mol. The molecule has 1 atom stereocenters. The first-order valence-corrected chi connectivity index (χ1v) is 8.29. The average Bonchev–Trinajstić information content (AvgIpc) is 2.51. The van der Waals surface area contributed by atoms with Crippen molar-refractivity contribution in [1.82, 2.24) is 15.3 Å². The van der Waals surface area contributed by atoms with Gasteiger partial charge in [0.1, 0.15) is 0 Å². The van der Waals surface area contributed by atoms with Crippen molar-refractivity contribution in [3.63, 3.8) is 0 Å². The molecule has 2 rings (SSSR count). The van der Waals surface area contributed by atoms with Crippen LogP contribution in [-0.4, -0.2) is 16.5 Å². The second kappa shape index (κ2) is 8.25. The summed E-state index contributed by atoms with van der Waals surface area (Å²) in [5.74, 6) is 0. The summed E-state index contributed by atoms with van der Waals surface area (Å²) < 4.78 is 1.03. The van der Waals surface area contributed by atoms with Crippen LogP contribution in [0.4, 0.5) is 0 Å². The SMILES string of the molecule is CCCNC(Cc1cncc(Br)c1)c1ccncc1CC. The molecule has 0 aliphatic rings. The van der Waals surface area contributed by atoms with Crippen molar-refractivity contribution in [2.24, 2.45) is 0 Å². The zero-order valence-corrected chi connectivity index (χ0v) is 14.2. The molecule has 0 bridgehead atoms.